The molecule has 2 aromatic heterocycles. The molecule has 1 atom stereocenters. The predicted octanol–water partition coefficient (Wildman–Crippen LogP) is 1.41. The second kappa shape index (κ2) is 8.12. The maximum absolute atomic E-state index is 12.5. The number of benzene rings is 1. The van der Waals surface area contributed by atoms with Gasteiger partial charge in [0.05, 0.1) is 32.8 Å². The van der Waals surface area contributed by atoms with Crippen molar-refractivity contribution in [1.29, 1.82) is 0 Å². The number of rotatable bonds is 7. The lowest BCUT2D eigenvalue weighted by Gasteiger charge is -2.18. The van der Waals surface area contributed by atoms with Crippen LogP contribution in [0, 0.1) is 0 Å². The molecule has 0 aliphatic rings. The highest BCUT2D eigenvalue weighted by Gasteiger charge is 2.16. The second-order valence-electron chi connectivity index (χ2n) is 6.40. The third kappa shape index (κ3) is 3.83. The third-order valence-electron chi connectivity index (χ3n) is 4.58. The summed E-state index contributed by atoms with van der Waals surface area (Å²) in [5.74, 6) is 1.16. The van der Waals surface area contributed by atoms with Crippen LogP contribution in [0.4, 0.5) is 0 Å². The van der Waals surface area contributed by atoms with E-state index in [1.54, 1.807) is 33.4 Å². The van der Waals surface area contributed by atoms with Crippen molar-refractivity contribution < 1.29 is 14.3 Å². The first kappa shape index (κ1) is 19.4. The molecule has 0 spiro atoms. The van der Waals surface area contributed by atoms with E-state index in [-0.39, 0.29) is 30.5 Å². The molecule has 0 saturated carbocycles. The normalized spacial score (nSPS) is 12.0. The molecule has 9 heteroatoms. The molecule has 1 aromatic carbocycles. The molecular formula is C19H23N5O4. The standard InChI is InChI=1S/C19H23N5O4/c1-12(14-9-13(27-3)5-6-16(14)28-4)22-17(25)7-8-24-11-20-18-15(19(24)26)10-21-23(18)2/h5-6,9-12H,7-8H2,1-4H3,(H,22,25). The van der Waals surface area contributed by atoms with Gasteiger partial charge in [-0.05, 0) is 25.1 Å². The zero-order valence-electron chi connectivity index (χ0n) is 16.3. The molecule has 0 radical (unpaired) electrons. The zero-order valence-corrected chi connectivity index (χ0v) is 16.3. The lowest BCUT2D eigenvalue weighted by atomic mass is 10.1. The molecular weight excluding hydrogens is 362 g/mol. The van der Waals surface area contributed by atoms with Crippen LogP contribution in [-0.2, 0) is 18.4 Å². The van der Waals surface area contributed by atoms with Crippen molar-refractivity contribution in [2.45, 2.75) is 25.9 Å². The van der Waals surface area contributed by atoms with Crippen LogP contribution < -0.4 is 20.3 Å². The second-order valence-corrected chi connectivity index (χ2v) is 6.40. The van der Waals surface area contributed by atoms with Gasteiger partial charge in [0, 0.05) is 25.6 Å². The summed E-state index contributed by atoms with van der Waals surface area (Å²) in [6.45, 7) is 2.09. The number of hydrogen-bond donors (Lipinski definition) is 1. The molecule has 3 aromatic rings. The molecule has 1 N–H and O–H groups in total. The maximum atomic E-state index is 12.5. The summed E-state index contributed by atoms with van der Waals surface area (Å²) in [7, 11) is 4.88. The fourth-order valence-corrected chi connectivity index (χ4v) is 3.02. The summed E-state index contributed by atoms with van der Waals surface area (Å²) in [5, 5.41) is 7.39. The van der Waals surface area contributed by atoms with Crippen molar-refractivity contribution in [2.24, 2.45) is 7.05 Å². The summed E-state index contributed by atoms with van der Waals surface area (Å²) < 4.78 is 13.6. The number of ether oxygens (including phenoxy) is 2. The summed E-state index contributed by atoms with van der Waals surface area (Å²) in [5.41, 5.74) is 1.11. The van der Waals surface area contributed by atoms with Crippen molar-refractivity contribution in [2.75, 3.05) is 14.2 Å². The van der Waals surface area contributed by atoms with Crippen molar-refractivity contribution in [1.82, 2.24) is 24.6 Å². The Hall–Kier alpha value is -3.36. The molecule has 0 saturated heterocycles. The highest BCUT2D eigenvalue weighted by molar-refractivity contribution is 5.76. The van der Waals surface area contributed by atoms with E-state index in [0.717, 1.165) is 5.56 Å². The molecule has 0 fully saturated rings. The molecule has 0 aliphatic heterocycles. The third-order valence-corrected chi connectivity index (χ3v) is 4.58. The number of aryl methyl sites for hydroxylation is 2. The Balaban J connectivity index is 1.68. The average Bonchev–Trinajstić information content (AvgIpc) is 3.08. The number of methoxy groups -OCH3 is 2. The largest absolute Gasteiger partial charge is 0.497 e. The minimum Gasteiger partial charge on any atom is -0.497 e. The number of carbonyl (C=O) groups is 1. The van der Waals surface area contributed by atoms with E-state index >= 15 is 0 Å². The number of amides is 1. The quantitative estimate of drug-likeness (QED) is 0.660. The van der Waals surface area contributed by atoms with Gasteiger partial charge in [0.2, 0.25) is 5.91 Å². The van der Waals surface area contributed by atoms with Gasteiger partial charge >= 0.3 is 0 Å². The summed E-state index contributed by atoms with van der Waals surface area (Å²) in [4.78, 5) is 29.1. The first-order valence-corrected chi connectivity index (χ1v) is 8.83. The molecule has 3 rings (SSSR count). The smallest absolute Gasteiger partial charge is 0.264 e. The van der Waals surface area contributed by atoms with Gasteiger partial charge < -0.3 is 14.8 Å². The van der Waals surface area contributed by atoms with Crippen LogP contribution in [0.3, 0.4) is 0 Å². The SMILES string of the molecule is COc1ccc(OC)c(C(C)NC(=O)CCn2cnc3c(cnn3C)c2=O)c1. The summed E-state index contributed by atoms with van der Waals surface area (Å²) >= 11 is 0. The number of hydrogen-bond acceptors (Lipinski definition) is 6. The minimum atomic E-state index is -0.284. The monoisotopic (exact) mass is 385 g/mol. The van der Waals surface area contributed by atoms with E-state index in [9.17, 15) is 9.59 Å². The van der Waals surface area contributed by atoms with Crippen LogP contribution in [0.15, 0.2) is 35.5 Å². The van der Waals surface area contributed by atoms with Crippen molar-refractivity contribution in [3.05, 3.63) is 46.6 Å². The minimum absolute atomic E-state index is 0.143. The number of aromatic nitrogens is 4. The Morgan fingerprint density at radius 1 is 1.29 bits per heavy atom. The topological polar surface area (TPSA) is 100 Å². The lowest BCUT2D eigenvalue weighted by Crippen LogP contribution is -2.29. The Morgan fingerprint density at radius 2 is 2.07 bits per heavy atom. The molecule has 0 aliphatic carbocycles. The van der Waals surface area contributed by atoms with E-state index in [2.05, 4.69) is 15.4 Å². The van der Waals surface area contributed by atoms with Gasteiger partial charge in [0.15, 0.2) is 5.65 Å². The van der Waals surface area contributed by atoms with Gasteiger partial charge in [-0.25, -0.2) is 4.98 Å². The van der Waals surface area contributed by atoms with E-state index in [4.69, 9.17) is 9.47 Å². The fourth-order valence-electron chi connectivity index (χ4n) is 3.02. The van der Waals surface area contributed by atoms with Crippen LogP contribution in [0.1, 0.15) is 24.9 Å². The Kier molecular flexibility index (Phi) is 5.62. The Labute approximate surface area is 161 Å². The van der Waals surface area contributed by atoms with E-state index in [1.165, 1.54) is 21.8 Å². The van der Waals surface area contributed by atoms with Crippen LogP contribution in [0.5, 0.6) is 11.5 Å². The van der Waals surface area contributed by atoms with E-state index < -0.39 is 0 Å². The van der Waals surface area contributed by atoms with Gasteiger partial charge in [0.1, 0.15) is 16.9 Å². The van der Waals surface area contributed by atoms with Gasteiger partial charge in [-0.1, -0.05) is 0 Å². The molecule has 1 amide bonds. The average molecular weight is 385 g/mol. The number of carbonyl (C=O) groups excluding carboxylic acids is 1. The van der Waals surface area contributed by atoms with Gasteiger partial charge in [0.25, 0.3) is 5.56 Å². The Bertz CT molecular complexity index is 1060. The van der Waals surface area contributed by atoms with Crippen LogP contribution in [-0.4, -0.2) is 39.5 Å². The zero-order chi connectivity index (χ0) is 20.3. The fraction of sp³-hybridized carbons (Fsp3) is 0.368. The summed E-state index contributed by atoms with van der Waals surface area (Å²) in [6, 6.07) is 5.14. The molecule has 9 nitrogen and oxygen atoms in total. The number of fused-ring (bicyclic) bond motifs is 1. The van der Waals surface area contributed by atoms with E-state index in [1.807, 2.05) is 13.0 Å². The van der Waals surface area contributed by atoms with Crippen molar-refractivity contribution >= 4 is 16.9 Å². The predicted molar refractivity (Wildman–Crippen MR) is 103 cm³/mol. The van der Waals surface area contributed by atoms with Crippen LogP contribution >= 0.6 is 0 Å². The van der Waals surface area contributed by atoms with Gasteiger partial charge in [-0.3, -0.25) is 18.8 Å². The lowest BCUT2D eigenvalue weighted by molar-refractivity contribution is -0.122. The van der Waals surface area contributed by atoms with Crippen molar-refractivity contribution in [3.8, 4) is 11.5 Å². The number of nitrogens with zero attached hydrogens (tertiary/aromatic N) is 4. The molecule has 2 heterocycles. The van der Waals surface area contributed by atoms with Crippen molar-refractivity contribution in [3.63, 3.8) is 0 Å². The highest BCUT2D eigenvalue weighted by Crippen LogP contribution is 2.29. The molecule has 0 bridgehead atoms. The Morgan fingerprint density at radius 3 is 2.79 bits per heavy atom. The van der Waals surface area contributed by atoms with Gasteiger partial charge in [-0.15, -0.1) is 0 Å². The first-order chi connectivity index (χ1) is 13.4. The van der Waals surface area contributed by atoms with Crippen LogP contribution in [0.2, 0.25) is 0 Å². The van der Waals surface area contributed by atoms with E-state index in [0.29, 0.717) is 22.5 Å². The van der Waals surface area contributed by atoms with Crippen LogP contribution in [0.25, 0.3) is 11.0 Å². The molecule has 28 heavy (non-hydrogen) atoms. The summed E-state index contributed by atoms with van der Waals surface area (Å²) in [6.07, 6.45) is 3.07. The highest BCUT2D eigenvalue weighted by atomic mass is 16.5. The van der Waals surface area contributed by atoms with Gasteiger partial charge in [-0.2, -0.15) is 5.10 Å². The molecule has 1 unspecified atom stereocenters. The maximum Gasteiger partial charge on any atom is 0.264 e. The first-order valence-electron chi connectivity index (χ1n) is 8.83. The molecule has 148 valence electrons. The number of nitrogens with one attached hydrogen (secondary N) is 1.